The first-order chi connectivity index (χ1) is 13.5. The van der Waals surface area contributed by atoms with Gasteiger partial charge in [0.15, 0.2) is 11.6 Å². The summed E-state index contributed by atoms with van der Waals surface area (Å²) in [5.74, 6) is 1.81. The third-order valence-electron chi connectivity index (χ3n) is 4.16. The fourth-order valence-corrected chi connectivity index (χ4v) is 3.13. The summed E-state index contributed by atoms with van der Waals surface area (Å²) in [5.41, 5.74) is 1.22. The van der Waals surface area contributed by atoms with Gasteiger partial charge in [-0.2, -0.15) is 0 Å². The molecule has 2 aliphatic heterocycles. The highest BCUT2D eigenvalue weighted by molar-refractivity contribution is 5.93. The molecular weight excluding hydrogens is 356 g/mol. The predicted molar refractivity (Wildman–Crippen MR) is 109 cm³/mol. The van der Waals surface area contributed by atoms with E-state index in [1.807, 2.05) is 44.0 Å². The third kappa shape index (κ3) is 7.66. The van der Waals surface area contributed by atoms with Crippen molar-refractivity contribution in [1.82, 2.24) is 9.80 Å². The van der Waals surface area contributed by atoms with E-state index >= 15 is 0 Å². The van der Waals surface area contributed by atoms with Crippen molar-refractivity contribution >= 4 is 11.6 Å². The molecule has 0 unspecified atom stereocenters. The van der Waals surface area contributed by atoms with Gasteiger partial charge < -0.3 is 9.47 Å². The number of rotatable bonds is 6. The highest BCUT2D eigenvalue weighted by Crippen LogP contribution is 2.12. The molecule has 0 aromatic heterocycles. The Hall–Kier alpha value is -2.44. The first-order valence-corrected chi connectivity index (χ1v) is 9.67. The van der Waals surface area contributed by atoms with Crippen LogP contribution in [-0.4, -0.2) is 67.8 Å². The summed E-state index contributed by atoms with van der Waals surface area (Å²) in [7, 11) is 1.91. The minimum Gasteiger partial charge on any atom is -0.497 e. The highest BCUT2D eigenvalue weighted by Gasteiger charge is 2.18. The highest BCUT2D eigenvalue weighted by atomic mass is 16.5. The van der Waals surface area contributed by atoms with Crippen molar-refractivity contribution in [2.75, 3.05) is 46.4 Å². The van der Waals surface area contributed by atoms with E-state index in [0.29, 0.717) is 32.8 Å². The Bertz CT molecular complexity index is 713. The van der Waals surface area contributed by atoms with E-state index in [1.165, 1.54) is 5.56 Å². The van der Waals surface area contributed by atoms with E-state index in [1.54, 1.807) is 12.2 Å². The standard InChI is InChI=1S/C14H17NO2.C8H13NO2/c1-2-17-14-8-13(16)10-15(11-14)9-12-6-4-3-5-7-12;1-3-11-8-4-7(10)5-9(2)6-8/h3-8H,2,9-11H2,1H3;4H,3,5-6H2,1-2H3. The van der Waals surface area contributed by atoms with Crippen LogP contribution in [0.5, 0.6) is 0 Å². The molecule has 0 atom stereocenters. The van der Waals surface area contributed by atoms with Gasteiger partial charge in [0.25, 0.3) is 0 Å². The minimum absolute atomic E-state index is 0.121. The molecule has 0 fully saturated rings. The number of hydrogen-bond acceptors (Lipinski definition) is 6. The van der Waals surface area contributed by atoms with Crippen LogP contribution < -0.4 is 0 Å². The lowest BCUT2D eigenvalue weighted by atomic mass is 10.1. The Kier molecular flexibility index (Phi) is 8.91. The first kappa shape index (κ1) is 21.9. The van der Waals surface area contributed by atoms with Crippen LogP contribution in [0.2, 0.25) is 0 Å². The normalized spacial score (nSPS) is 18.0. The number of hydrogen-bond donors (Lipinski definition) is 0. The molecule has 0 radical (unpaired) electrons. The number of likely N-dealkylation sites (N-methyl/N-ethyl adjacent to an activating group) is 1. The molecule has 6 heteroatoms. The summed E-state index contributed by atoms with van der Waals surface area (Å²) in [6.07, 6.45) is 3.20. The summed E-state index contributed by atoms with van der Waals surface area (Å²) in [4.78, 5) is 26.5. The topological polar surface area (TPSA) is 59.1 Å². The van der Waals surface area contributed by atoms with Gasteiger partial charge in [-0.25, -0.2) is 0 Å². The molecule has 3 rings (SSSR count). The molecule has 1 aromatic rings. The molecule has 0 aliphatic carbocycles. The van der Waals surface area contributed by atoms with Crippen LogP contribution in [0, 0.1) is 0 Å². The molecule has 1 aromatic carbocycles. The molecule has 28 heavy (non-hydrogen) atoms. The van der Waals surface area contributed by atoms with Crippen LogP contribution in [-0.2, 0) is 25.6 Å². The molecule has 0 N–H and O–H groups in total. The smallest absolute Gasteiger partial charge is 0.173 e. The van der Waals surface area contributed by atoms with Crippen LogP contribution in [0.15, 0.2) is 54.0 Å². The number of ketones is 2. The predicted octanol–water partition coefficient (Wildman–Crippen LogP) is 2.41. The van der Waals surface area contributed by atoms with Crippen LogP contribution >= 0.6 is 0 Å². The summed E-state index contributed by atoms with van der Waals surface area (Å²) >= 11 is 0. The number of ether oxygens (including phenoxy) is 2. The Labute approximate surface area is 167 Å². The average molecular weight is 386 g/mol. The van der Waals surface area contributed by atoms with Crippen molar-refractivity contribution in [2.24, 2.45) is 0 Å². The Balaban J connectivity index is 0.000000221. The molecular formula is C22H30N2O4. The average Bonchev–Trinajstić information content (AvgIpc) is 2.62. The molecule has 0 amide bonds. The lowest BCUT2D eigenvalue weighted by Gasteiger charge is -2.26. The van der Waals surface area contributed by atoms with Crippen molar-refractivity contribution in [3.63, 3.8) is 0 Å². The van der Waals surface area contributed by atoms with Gasteiger partial charge in [0.05, 0.1) is 39.4 Å². The Morgan fingerprint density at radius 2 is 1.39 bits per heavy atom. The van der Waals surface area contributed by atoms with Crippen LogP contribution in [0.1, 0.15) is 19.4 Å². The summed E-state index contributed by atoms with van der Waals surface area (Å²) in [6, 6.07) is 10.2. The van der Waals surface area contributed by atoms with E-state index in [2.05, 4.69) is 17.0 Å². The van der Waals surface area contributed by atoms with E-state index < -0.39 is 0 Å². The summed E-state index contributed by atoms with van der Waals surface area (Å²) in [6.45, 7) is 8.33. The van der Waals surface area contributed by atoms with Gasteiger partial charge in [-0.1, -0.05) is 30.3 Å². The van der Waals surface area contributed by atoms with E-state index in [4.69, 9.17) is 9.47 Å². The third-order valence-corrected chi connectivity index (χ3v) is 4.16. The SMILES string of the molecule is CCOC1=CC(=O)CN(C)C1.CCOC1=CC(=O)CN(Cc2ccccc2)C1. The molecule has 0 spiro atoms. The summed E-state index contributed by atoms with van der Waals surface area (Å²) in [5, 5.41) is 0. The summed E-state index contributed by atoms with van der Waals surface area (Å²) < 4.78 is 10.6. The van der Waals surface area contributed by atoms with Crippen molar-refractivity contribution in [3.05, 3.63) is 59.6 Å². The molecule has 0 bridgehead atoms. The molecule has 6 nitrogen and oxygen atoms in total. The van der Waals surface area contributed by atoms with Gasteiger partial charge in [0.1, 0.15) is 11.5 Å². The van der Waals surface area contributed by atoms with Gasteiger partial charge in [-0.05, 0) is 26.5 Å². The maximum absolute atomic E-state index is 11.6. The fraction of sp³-hybridized carbons (Fsp3) is 0.455. The number of carbonyl (C=O) groups is 2. The van der Waals surface area contributed by atoms with Gasteiger partial charge in [0.2, 0.25) is 0 Å². The zero-order valence-electron chi connectivity index (χ0n) is 17.0. The van der Waals surface area contributed by atoms with Crippen LogP contribution in [0.3, 0.4) is 0 Å². The van der Waals surface area contributed by atoms with E-state index in [9.17, 15) is 9.59 Å². The number of carbonyl (C=O) groups excluding carboxylic acids is 2. The van der Waals surface area contributed by atoms with Gasteiger partial charge in [0, 0.05) is 18.7 Å². The van der Waals surface area contributed by atoms with E-state index in [0.717, 1.165) is 24.6 Å². The molecule has 152 valence electrons. The Morgan fingerprint density at radius 1 is 0.821 bits per heavy atom. The lowest BCUT2D eigenvalue weighted by molar-refractivity contribution is -0.117. The van der Waals surface area contributed by atoms with Gasteiger partial charge >= 0.3 is 0 Å². The molecule has 2 heterocycles. The van der Waals surface area contributed by atoms with Gasteiger partial charge in [-0.3, -0.25) is 19.4 Å². The van der Waals surface area contributed by atoms with E-state index in [-0.39, 0.29) is 11.6 Å². The zero-order chi connectivity index (χ0) is 20.4. The number of nitrogens with zero attached hydrogens (tertiary/aromatic N) is 2. The first-order valence-electron chi connectivity index (χ1n) is 9.67. The van der Waals surface area contributed by atoms with Gasteiger partial charge in [-0.15, -0.1) is 0 Å². The van der Waals surface area contributed by atoms with Crippen molar-refractivity contribution in [3.8, 4) is 0 Å². The quantitative estimate of drug-likeness (QED) is 0.748. The minimum atomic E-state index is 0.121. The van der Waals surface area contributed by atoms with Crippen LogP contribution in [0.4, 0.5) is 0 Å². The number of benzene rings is 1. The lowest BCUT2D eigenvalue weighted by Crippen LogP contribution is -2.35. The zero-order valence-corrected chi connectivity index (χ0v) is 17.0. The second kappa shape index (κ2) is 11.4. The molecule has 2 aliphatic rings. The monoisotopic (exact) mass is 386 g/mol. The molecule has 0 saturated heterocycles. The largest absolute Gasteiger partial charge is 0.497 e. The maximum atomic E-state index is 11.6. The Morgan fingerprint density at radius 3 is 1.96 bits per heavy atom. The fourth-order valence-electron chi connectivity index (χ4n) is 3.13. The molecule has 0 saturated carbocycles. The van der Waals surface area contributed by atoms with Crippen LogP contribution in [0.25, 0.3) is 0 Å². The maximum Gasteiger partial charge on any atom is 0.173 e. The second-order valence-corrected chi connectivity index (χ2v) is 6.82. The van der Waals surface area contributed by atoms with Crippen molar-refractivity contribution in [2.45, 2.75) is 20.4 Å². The second-order valence-electron chi connectivity index (χ2n) is 6.82. The van der Waals surface area contributed by atoms with Crippen molar-refractivity contribution in [1.29, 1.82) is 0 Å². The van der Waals surface area contributed by atoms with Crippen molar-refractivity contribution < 1.29 is 19.1 Å².